The molecule has 1 spiro atoms. The topological polar surface area (TPSA) is 117 Å². The lowest BCUT2D eigenvalue weighted by molar-refractivity contribution is -0.130. The van der Waals surface area contributed by atoms with Crippen LogP contribution >= 0.6 is 0 Å². The van der Waals surface area contributed by atoms with Crippen molar-refractivity contribution < 1.29 is 13.2 Å². The highest BCUT2D eigenvalue weighted by atomic mass is 32.2. The Labute approximate surface area is 139 Å². The Bertz CT molecular complexity index is 901. The molecule has 4 rings (SSSR count). The van der Waals surface area contributed by atoms with Gasteiger partial charge in [0.05, 0.1) is 4.90 Å². The van der Waals surface area contributed by atoms with Crippen LogP contribution in [-0.2, 0) is 14.8 Å². The number of hydrogen-bond acceptors (Lipinski definition) is 6. The van der Waals surface area contributed by atoms with Crippen molar-refractivity contribution in [3.05, 3.63) is 18.2 Å². The van der Waals surface area contributed by atoms with Crippen LogP contribution in [0.5, 0.6) is 0 Å². The van der Waals surface area contributed by atoms with E-state index in [0.29, 0.717) is 17.1 Å². The van der Waals surface area contributed by atoms with E-state index in [4.69, 9.17) is 0 Å². The van der Waals surface area contributed by atoms with E-state index in [0.717, 1.165) is 25.8 Å². The number of nitrogens with one attached hydrogen (secondary N) is 3. The van der Waals surface area contributed by atoms with E-state index < -0.39 is 15.9 Å². The van der Waals surface area contributed by atoms with Crippen molar-refractivity contribution in [1.29, 1.82) is 0 Å². The van der Waals surface area contributed by atoms with E-state index in [-0.39, 0.29) is 16.2 Å². The van der Waals surface area contributed by atoms with Gasteiger partial charge in [0.1, 0.15) is 11.0 Å². The Morgan fingerprint density at radius 1 is 1.25 bits per heavy atom. The Balaban J connectivity index is 1.45. The fourth-order valence-electron chi connectivity index (χ4n) is 3.93. The van der Waals surface area contributed by atoms with Gasteiger partial charge in [-0.25, -0.2) is 13.1 Å². The van der Waals surface area contributed by atoms with E-state index in [1.807, 2.05) is 0 Å². The van der Waals surface area contributed by atoms with Crippen LogP contribution in [0.4, 0.5) is 0 Å². The van der Waals surface area contributed by atoms with Crippen LogP contribution in [0.25, 0.3) is 11.0 Å². The lowest BCUT2D eigenvalue weighted by Gasteiger charge is -2.43. The highest BCUT2D eigenvalue weighted by Gasteiger charge is 2.50. The summed E-state index contributed by atoms with van der Waals surface area (Å²) in [5.41, 5.74) is 1.19. The van der Waals surface area contributed by atoms with Gasteiger partial charge < -0.3 is 5.32 Å². The number of amides is 1. The summed E-state index contributed by atoms with van der Waals surface area (Å²) in [7, 11) is -3.89. The summed E-state index contributed by atoms with van der Waals surface area (Å²) in [6.07, 6.45) is 2.54. The maximum Gasteiger partial charge on any atom is 0.264 e. The Hall–Kier alpha value is -2.00. The van der Waals surface area contributed by atoms with Crippen molar-refractivity contribution in [2.75, 3.05) is 6.54 Å². The minimum Gasteiger partial charge on any atom is -0.314 e. The summed E-state index contributed by atoms with van der Waals surface area (Å²) in [6, 6.07) is 4.85. The average molecular weight is 349 g/mol. The molecule has 1 aliphatic carbocycles. The number of nitrogens with zero attached hydrogens (tertiary/aromatic N) is 2. The summed E-state index contributed by atoms with van der Waals surface area (Å²) in [5, 5.41) is 13.6. The van der Waals surface area contributed by atoms with Crippen molar-refractivity contribution in [2.45, 2.75) is 37.1 Å². The maximum atomic E-state index is 12.4. The van der Waals surface area contributed by atoms with E-state index in [9.17, 15) is 13.2 Å². The molecule has 1 aromatic carbocycles. The van der Waals surface area contributed by atoms with Crippen LogP contribution < -0.4 is 10.0 Å². The largest absolute Gasteiger partial charge is 0.314 e. The first kappa shape index (κ1) is 15.5. The molecule has 2 aliphatic rings. The van der Waals surface area contributed by atoms with Gasteiger partial charge in [0.2, 0.25) is 5.91 Å². The quantitative estimate of drug-likeness (QED) is 0.745. The average Bonchev–Trinajstić information content (AvgIpc) is 3.10. The van der Waals surface area contributed by atoms with Crippen molar-refractivity contribution in [3.8, 4) is 0 Å². The van der Waals surface area contributed by atoms with Gasteiger partial charge in [0.25, 0.3) is 10.0 Å². The molecule has 1 aromatic heterocycles. The van der Waals surface area contributed by atoms with E-state index in [1.54, 1.807) is 6.07 Å². The molecule has 2 aromatic rings. The number of aromatic amines is 1. The molecule has 9 heteroatoms. The van der Waals surface area contributed by atoms with E-state index >= 15 is 0 Å². The second kappa shape index (κ2) is 5.25. The fourth-order valence-corrected chi connectivity index (χ4v) is 4.99. The van der Waals surface area contributed by atoms with Gasteiger partial charge in [-0.2, -0.15) is 15.4 Å². The number of rotatable bonds is 3. The summed E-state index contributed by atoms with van der Waals surface area (Å²) < 4.78 is 27.0. The minimum absolute atomic E-state index is 0.0162. The third-order valence-electron chi connectivity index (χ3n) is 5.13. The molecule has 1 amide bonds. The number of H-pyrrole nitrogens is 1. The van der Waals surface area contributed by atoms with Crippen LogP contribution in [0.15, 0.2) is 23.1 Å². The number of aromatic nitrogens is 3. The van der Waals surface area contributed by atoms with Crippen molar-refractivity contribution in [1.82, 2.24) is 25.4 Å². The normalized spacial score (nSPS) is 29.7. The molecule has 0 bridgehead atoms. The zero-order valence-corrected chi connectivity index (χ0v) is 14.1. The lowest BCUT2D eigenvalue weighted by atomic mass is 9.61. The minimum atomic E-state index is -3.89. The molecule has 1 aliphatic heterocycles. The SMILES string of the molecule is CC1CC2(CN1)CC(C(=O)NS(=O)(=O)c1ccc3n[nH]nc3c1)C2. The molecule has 8 nitrogen and oxygen atoms in total. The van der Waals surface area contributed by atoms with Gasteiger partial charge in [-0.15, -0.1) is 0 Å². The number of fused-ring (bicyclic) bond motifs is 1. The van der Waals surface area contributed by atoms with Crippen LogP contribution in [-0.4, -0.2) is 42.3 Å². The molecule has 128 valence electrons. The summed E-state index contributed by atoms with van der Waals surface area (Å²) in [4.78, 5) is 12.3. The monoisotopic (exact) mass is 349 g/mol. The summed E-state index contributed by atoms with van der Waals surface area (Å²) in [6.45, 7) is 3.04. The third kappa shape index (κ3) is 2.57. The summed E-state index contributed by atoms with van der Waals surface area (Å²) >= 11 is 0. The van der Waals surface area contributed by atoms with Gasteiger partial charge in [-0.1, -0.05) is 0 Å². The molecule has 0 radical (unpaired) electrons. The molecule has 1 atom stereocenters. The second-order valence-electron chi connectivity index (χ2n) is 7.04. The number of carbonyl (C=O) groups excluding carboxylic acids is 1. The Morgan fingerprint density at radius 3 is 2.71 bits per heavy atom. The lowest BCUT2D eigenvalue weighted by Crippen LogP contribution is -2.47. The zero-order chi connectivity index (χ0) is 16.9. The van der Waals surface area contributed by atoms with Crippen LogP contribution in [0.3, 0.4) is 0 Å². The van der Waals surface area contributed by atoms with Crippen LogP contribution in [0.1, 0.15) is 26.2 Å². The van der Waals surface area contributed by atoms with Gasteiger partial charge >= 0.3 is 0 Å². The molecular weight excluding hydrogens is 330 g/mol. The highest BCUT2D eigenvalue weighted by Crippen LogP contribution is 2.51. The smallest absolute Gasteiger partial charge is 0.264 e. The maximum absolute atomic E-state index is 12.4. The zero-order valence-electron chi connectivity index (χ0n) is 13.2. The van der Waals surface area contributed by atoms with Crippen molar-refractivity contribution in [2.24, 2.45) is 11.3 Å². The Morgan fingerprint density at radius 2 is 2.00 bits per heavy atom. The first-order valence-corrected chi connectivity index (χ1v) is 9.46. The highest BCUT2D eigenvalue weighted by molar-refractivity contribution is 7.90. The number of carbonyl (C=O) groups is 1. The van der Waals surface area contributed by atoms with E-state index in [1.165, 1.54) is 12.1 Å². The molecule has 24 heavy (non-hydrogen) atoms. The molecule has 1 unspecified atom stereocenters. The molecule has 1 saturated heterocycles. The molecule has 3 N–H and O–H groups in total. The van der Waals surface area contributed by atoms with E-state index in [2.05, 4.69) is 32.4 Å². The molecular formula is C15H19N5O3S. The first-order valence-electron chi connectivity index (χ1n) is 7.98. The van der Waals surface area contributed by atoms with Gasteiger partial charge in [-0.3, -0.25) is 4.79 Å². The Kier molecular flexibility index (Phi) is 3.40. The van der Waals surface area contributed by atoms with Crippen LogP contribution in [0.2, 0.25) is 0 Å². The molecule has 1 saturated carbocycles. The predicted molar refractivity (Wildman–Crippen MR) is 86.5 cm³/mol. The number of sulfonamides is 1. The van der Waals surface area contributed by atoms with Crippen LogP contribution in [0, 0.1) is 11.3 Å². The molecule has 2 heterocycles. The fraction of sp³-hybridized carbons (Fsp3) is 0.533. The van der Waals surface area contributed by atoms with Gasteiger partial charge in [-0.05, 0) is 49.8 Å². The van der Waals surface area contributed by atoms with Gasteiger partial charge in [0.15, 0.2) is 0 Å². The molecule has 2 fully saturated rings. The summed E-state index contributed by atoms with van der Waals surface area (Å²) in [5.74, 6) is -0.650. The number of benzene rings is 1. The number of hydrogen-bond donors (Lipinski definition) is 3. The van der Waals surface area contributed by atoms with Crippen molar-refractivity contribution in [3.63, 3.8) is 0 Å². The van der Waals surface area contributed by atoms with Crippen molar-refractivity contribution >= 4 is 27.0 Å². The first-order chi connectivity index (χ1) is 11.4. The third-order valence-corrected chi connectivity index (χ3v) is 6.47. The van der Waals surface area contributed by atoms with Gasteiger partial charge in [0, 0.05) is 18.5 Å². The predicted octanol–water partition coefficient (Wildman–Crippen LogP) is 0.541. The second-order valence-corrected chi connectivity index (χ2v) is 8.72. The standard InChI is InChI=1S/C15H19N5O3S/c1-9-5-15(8-16-9)6-10(7-15)14(21)19-24(22,23)11-2-3-12-13(4-11)18-20-17-12/h2-4,9-10,16H,5-8H2,1H3,(H,19,21)(H,17,18,20).